The van der Waals surface area contributed by atoms with Crippen molar-refractivity contribution in [1.82, 2.24) is 14.9 Å². The highest BCUT2D eigenvalue weighted by atomic mass is 16.5. The Bertz CT molecular complexity index is 1160. The van der Waals surface area contributed by atoms with E-state index in [9.17, 15) is 9.90 Å². The van der Waals surface area contributed by atoms with E-state index in [0.717, 1.165) is 74.8 Å². The highest BCUT2D eigenvalue weighted by molar-refractivity contribution is 5.76. The maximum Gasteiger partial charge on any atom is 0.222 e. The molecule has 9 atom stereocenters. The molecular formula is C34H52N4O3. The number of anilines is 1. The zero-order valence-corrected chi connectivity index (χ0v) is 26.0. The Morgan fingerprint density at radius 3 is 2.76 bits per heavy atom. The van der Waals surface area contributed by atoms with Crippen molar-refractivity contribution in [3.05, 3.63) is 24.0 Å². The van der Waals surface area contributed by atoms with Crippen LogP contribution in [0, 0.1) is 40.4 Å². The first-order valence-corrected chi connectivity index (χ1v) is 16.4. The van der Waals surface area contributed by atoms with Crippen molar-refractivity contribution in [2.45, 2.75) is 104 Å². The number of aliphatic hydroxyl groups excluding tert-OH is 1. The van der Waals surface area contributed by atoms with Gasteiger partial charge in [0.2, 0.25) is 11.8 Å². The van der Waals surface area contributed by atoms with Gasteiger partial charge in [-0.3, -0.25) is 4.79 Å². The number of amides is 1. The molecule has 7 heteroatoms. The molecule has 4 fully saturated rings. The Hall–Kier alpha value is -2.15. The van der Waals surface area contributed by atoms with E-state index in [1.165, 1.54) is 32.1 Å². The van der Waals surface area contributed by atoms with E-state index in [2.05, 4.69) is 53.5 Å². The lowest BCUT2D eigenvalue weighted by atomic mass is 9.47. The third-order valence-electron chi connectivity index (χ3n) is 12.8. The molecular weight excluding hydrogens is 512 g/mol. The smallest absolute Gasteiger partial charge is 0.222 e. The SMILES string of the molecule is COc1cc(N2CCN(C(=O)CCC(C)[C@H]3CC[C@H]4[C@@H]5CC=C6C[C@@H](O)CC[C@]6(C)[C@H]5CC[C@]34C)C[C@@H]2C)ncn1. The van der Waals surface area contributed by atoms with Crippen molar-refractivity contribution in [3.8, 4) is 5.88 Å². The van der Waals surface area contributed by atoms with E-state index in [0.29, 0.717) is 35.0 Å². The number of allylic oxidation sites excluding steroid dienone is 1. The largest absolute Gasteiger partial charge is 0.481 e. The van der Waals surface area contributed by atoms with Crippen molar-refractivity contribution < 1.29 is 14.6 Å². The predicted octanol–water partition coefficient (Wildman–Crippen LogP) is 5.88. The van der Waals surface area contributed by atoms with Gasteiger partial charge in [-0.15, -0.1) is 0 Å². The van der Waals surface area contributed by atoms with Gasteiger partial charge in [0.05, 0.1) is 13.2 Å². The van der Waals surface area contributed by atoms with Crippen LogP contribution >= 0.6 is 0 Å². The lowest BCUT2D eigenvalue weighted by molar-refractivity contribution is -0.132. The summed E-state index contributed by atoms with van der Waals surface area (Å²) in [6.45, 7) is 12.0. The van der Waals surface area contributed by atoms with E-state index < -0.39 is 0 Å². The lowest BCUT2D eigenvalue weighted by Gasteiger charge is -2.58. The minimum Gasteiger partial charge on any atom is -0.481 e. The molecule has 0 bridgehead atoms. The second-order valence-electron chi connectivity index (χ2n) is 14.7. The zero-order valence-electron chi connectivity index (χ0n) is 26.0. The molecule has 4 aliphatic carbocycles. The van der Waals surface area contributed by atoms with Crippen LogP contribution < -0.4 is 9.64 Å². The number of hydrogen-bond acceptors (Lipinski definition) is 6. The van der Waals surface area contributed by atoms with Crippen molar-refractivity contribution >= 4 is 11.7 Å². The fraction of sp³-hybridized carbons (Fsp3) is 0.794. The summed E-state index contributed by atoms with van der Waals surface area (Å²) in [7, 11) is 1.62. The summed E-state index contributed by atoms with van der Waals surface area (Å²) in [5.74, 6) is 5.42. The van der Waals surface area contributed by atoms with Crippen LogP contribution in [-0.2, 0) is 4.79 Å². The Morgan fingerprint density at radius 1 is 1.15 bits per heavy atom. The molecule has 0 spiro atoms. The maximum atomic E-state index is 13.4. The third-order valence-corrected chi connectivity index (χ3v) is 12.8. The molecule has 3 saturated carbocycles. The third kappa shape index (κ3) is 5.08. The van der Waals surface area contributed by atoms with E-state index in [1.807, 2.05) is 6.07 Å². The number of carbonyl (C=O) groups is 1. The van der Waals surface area contributed by atoms with Crippen molar-refractivity contribution in [2.75, 3.05) is 31.6 Å². The number of hydrogen-bond donors (Lipinski definition) is 1. The molecule has 0 radical (unpaired) electrons. The zero-order chi connectivity index (χ0) is 28.9. The van der Waals surface area contributed by atoms with Crippen LogP contribution in [0.25, 0.3) is 0 Å². The number of carbonyl (C=O) groups excluding carboxylic acids is 1. The molecule has 5 aliphatic rings. The number of rotatable bonds is 6. The van der Waals surface area contributed by atoms with Crippen LogP contribution in [0.15, 0.2) is 24.0 Å². The van der Waals surface area contributed by atoms with Crippen LogP contribution in [-0.4, -0.2) is 64.8 Å². The van der Waals surface area contributed by atoms with Crippen LogP contribution in [0.3, 0.4) is 0 Å². The van der Waals surface area contributed by atoms with Crippen LogP contribution in [0.5, 0.6) is 5.88 Å². The summed E-state index contributed by atoms with van der Waals surface area (Å²) in [6, 6.07) is 2.08. The standard InChI is InChI=1S/C34H52N4O3/c1-22(6-11-32(40)37-16-17-38(23(2)20-37)30-19-31(41-5)36-21-35-30)27-9-10-28-26-8-7-24-18-25(39)12-14-33(24,3)29(26)13-15-34(27,28)4/h7,19,21-23,25-29,39H,6,8-18,20H2,1-5H3/t22?,23-,25-,26-,27+,28-,29-,33-,34+/m0/s1. The van der Waals surface area contributed by atoms with Gasteiger partial charge in [0, 0.05) is 38.2 Å². The van der Waals surface area contributed by atoms with E-state index >= 15 is 0 Å². The highest BCUT2D eigenvalue weighted by Gasteiger charge is 2.59. The Kier molecular flexibility index (Phi) is 7.88. The van der Waals surface area contributed by atoms with E-state index in [4.69, 9.17) is 4.74 Å². The molecule has 0 aromatic carbocycles. The van der Waals surface area contributed by atoms with Gasteiger partial charge in [-0.25, -0.2) is 9.97 Å². The monoisotopic (exact) mass is 564 g/mol. The average Bonchev–Trinajstić information content (AvgIpc) is 3.33. The van der Waals surface area contributed by atoms with Gasteiger partial charge in [0.1, 0.15) is 12.1 Å². The molecule has 1 unspecified atom stereocenters. The van der Waals surface area contributed by atoms with E-state index in [1.54, 1.807) is 19.0 Å². The van der Waals surface area contributed by atoms with Gasteiger partial charge in [-0.1, -0.05) is 32.4 Å². The number of aliphatic hydroxyl groups is 1. The predicted molar refractivity (Wildman–Crippen MR) is 162 cm³/mol. The normalized spacial score (nSPS) is 39.3. The van der Waals surface area contributed by atoms with Gasteiger partial charge in [-0.2, -0.15) is 0 Å². The van der Waals surface area contributed by atoms with Gasteiger partial charge in [0.15, 0.2) is 0 Å². The molecule has 6 rings (SSSR count). The van der Waals surface area contributed by atoms with Gasteiger partial charge < -0.3 is 19.6 Å². The molecule has 41 heavy (non-hydrogen) atoms. The fourth-order valence-electron chi connectivity index (χ4n) is 10.5. The summed E-state index contributed by atoms with van der Waals surface area (Å²) < 4.78 is 5.28. The summed E-state index contributed by atoms with van der Waals surface area (Å²) in [5.41, 5.74) is 2.27. The number of methoxy groups -OCH3 is 1. The minimum absolute atomic E-state index is 0.131. The molecule has 1 N–H and O–H groups in total. The van der Waals surface area contributed by atoms with Gasteiger partial charge >= 0.3 is 0 Å². The van der Waals surface area contributed by atoms with Crippen LogP contribution in [0.2, 0.25) is 0 Å². The van der Waals surface area contributed by atoms with Crippen molar-refractivity contribution in [1.29, 1.82) is 0 Å². The molecule has 1 aromatic heterocycles. The van der Waals surface area contributed by atoms with Gasteiger partial charge in [-0.05, 0) is 105 Å². The first-order valence-electron chi connectivity index (χ1n) is 16.4. The maximum absolute atomic E-state index is 13.4. The number of piperazine rings is 1. The molecule has 1 amide bonds. The number of ether oxygens (including phenoxy) is 1. The minimum atomic E-state index is -0.131. The average molecular weight is 565 g/mol. The molecule has 226 valence electrons. The van der Waals surface area contributed by atoms with Gasteiger partial charge in [0.25, 0.3) is 0 Å². The molecule has 1 aromatic rings. The summed E-state index contributed by atoms with van der Waals surface area (Å²) in [4.78, 5) is 26.3. The summed E-state index contributed by atoms with van der Waals surface area (Å²) in [6.07, 6.45) is 15.2. The molecule has 1 aliphatic heterocycles. The number of nitrogens with zero attached hydrogens (tertiary/aromatic N) is 4. The first-order chi connectivity index (χ1) is 19.6. The second-order valence-corrected chi connectivity index (χ2v) is 14.7. The number of fused-ring (bicyclic) bond motifs is 5. The first kappa shape index (κ1) is 28.9. The quantitative estimate of drug-likeness (QED) is 0.435. The van der Waals surface area contributed by atoms with Crippen molar-refractivity contribution in [2.24, 2.45) is 40.4 Å². The lowest BCUT2D eigenvalue weighted by Crippen LogP contribution is -2.54. The van der Waals surface area contributed by atoms with E-state index in [-0.39, 0.29) is 12.1 Å². The Morgan fingerprint density at radius 2 is 1.98 bits per heavy atom. The topological polar surface area (TPSA) is 78.8 Å². The second kappa shape index (κ2) is 11.2. The Balaban J connectivity index is 1.04. The Labute approximate surface area is 247 Å². The van der Waals surface area contributed by atoms with Crippen LogP contribution in [0.4, 0.5) is 5.82 Å². The molecule has 1 saturated heterocycles. The fourth-order valence-corrected chi connectivity index (χ4v) is 10.5. The molecule has 2 heterocycles. The molecule has 7 nitrogen and oxygen atoms in total. The summed E-state index contributed by atoms with van der Waals surface area (Å²) >= 11 is 0. The summed E-state index contributed by atoms with van der Waals surface area (Å²) in [5, 5.41) is 10.3. The van der Waals surface area contributed by atoms with Crippen LogP contribution in [0.1, 0.15) is 91.9 Å². The highest BCUT2D eigenvalue weighted by Crippen LogP contribution is 2.67. The number of aromatic nitrogens is 2. The van der Waals surface area contributed by atoms with Crippen molar-refractivity contribution in [3.63, 3.8) is 0 Å².